The van der Waals surface area contributed by atoms with Crippen LogP contribution < -0.4 is 25.6 Å². The molecule has 8 nitrogen and oxygen atoms in total. The predicted molar refractivity (Wildman–Crippen MR) is 171 cm³/mol. The van der Waals surface area contributed by atoms with E-state index in [2.05, 4.69) is 15.3 Å². The number of carbonyl (C=O) groups is 3. The number of ketones is 2. The molecule has 1 aromatic heterocycles. The molecule has 226 valence electrons. The van der Waals surface area contributed by atoms with Gasteiger partial charge in [-0.25, -0.2) is 14.4 Å². The van der Waals surface area contributed by atoms with Gasteiger partial charge in [-0.05, 0) is 57.8 Å². The quantitative estimate of drug-likeness (QED) is 0.350. The Hall–Kier alpha value is -4.89. The second kappa shape index (κ2) is 10.9. The zero-order valence-electron chi connectivity index (χ0n) is 24.7. The Morgan fingerprint density at radius 3 is 2.69 bits per heavy atom. The summed E-state index contributed by atoms with van der Waals surface area (Å²) in [5, 5.41) is 4.60. The first-order valence-corrected chi connectivity index (χ1v) is 15.1. The van der Waals surface area contributed by atoms with E-state index in [-0.39, 0.29) is 28.9 Å². The second-order valence-corrected chi connectivity index (χ2v) is 12.2. The monoisotopic (exact) mass is 621 g/mol. The van der Waals surface area contributed by atoms with Gasteiger partial charge in [-0.15, -0.1) is 0 Å². The summed E-state index contributed by atoms with van der Waals surface area (Å²) in [6, 6.07) is 15.8. The minimum Gasteiger partial charge on any atom is -0.354 e. The van der Waals surface area contributed by atoms with E-state index in [4.69, 9.17) is 11.6 Å². The van der Waals surface area contributed by atoms with Crippen LogP contribution in [0.15, 0.2) is 67.1 Å². The van der Waals surface area contributed by atoms with Gasteiger partial charge >= 0.3 is 0 Å². The number of fused-ring (bicyclic) bond motifs is 6. The van der Waals surface area contributed by atoms with Gasteiger partial charge in [0.1, 0.15) is 23.4 Å². The summed E-state index contributed by atoms with van der Waals surface area (Å²) in [6.07, 6.45) is 6.90. The molecule has 0 fully saturated rings. The van der Waals surface area contributed by atoms with E-state index >= 15 is 0 Å². The molecule has 0 radical (unpaired) electrons. The highest BCUT2D eigenvalue weighted by atomic mass is 35.5. The maximum atomic E-state index is 14.2. The van der Waals surface area contributed by atoms with E-state index in [1.807, 2.05) is 66.1 Å². The van der Waals surface area contributed by atoms with Gasteiger partial charge in [-0.2, -0.15) is 0 Å². The molecule has 2 aliphatic carbocycles. The lowest BCUT2D eigenvalue weighted by molar-refractivity contribution is -0.126. The SMILES string of the molecule is CC1C=c2c(ccc3c2=CC(=O)c2ccccc2-3)C(C)(N2CN(CCNC(=O)Cc3ccc(F)c(Cl)c3)c3cncnc32)C1=O. The summed E-state index contributed by atoms with van der Waals surface area (Å²) >= 11 is 5.86. The molecule has 0 saturated carbocycles. The summed E-state index contributed by atoms with van der Waals surface area (Å²) in [6.45, 7) is 4.92. The van der Waals surface area contributed by atoms with Gasteiger partial charge in [0.25, 0.3) is 0 Å². The normalized spacial score (nSPS) is 19.6. The summed E-state index contributed by atoms with van der Waals surface area (Å²) in [5.74, 6) is -0.568. The fourth-order valence-corrected chi connectivity index (χ4v) is 6.99. The first-order chi connectivity index (χ1) is 21.7. The largest absolute Gasteiger partial charge is 0.354 e. The second-order valence-electron chi connectivity index (χ2n) is 11.8. The molecule has 0 saturated heterocycles. The molecule has 1 aliphatic heterocycles. The molecule has 7 rings (SSSR count). The Balaban J connectivity index is 1.19. The number of rotatable bonds is 6. The van der Waals surface area contributed by atoms with Crippen LogP contribution in [-0.2, 0) is 21.5 Å². The Morgan fingerprint density at radius 2 is 1.89 bits per heavy atom. The van der Waals surface area contributed by atoms with Gasteiger partial charge in [0, 0.05) is 24.6 Å². The third-order valence-corrected chi connectivity index (χ3v) is 9.34. The number of halogens is 2. The highest BCUT2D eigenvalue weighted by Crippen LogP contribution is 2.43. The summed E-state index contributed by atoms with van der Waals surface area (Å²) in [4.78, 5) is 52.9. The predicted octanol–water partition coefficient (Wildman–Crippen LogP) is 3.77. The first kappa shape index (κ1) is 28.9. The van der Waals surface area contributed by atoms with Crippen molar-refractivity contribution in [1.29, 1.82) is 0 Å². The van der Waals surface area contributed by atoms with E-state index in [1.54, 1.807) is 12.3 Å². The summed E-state index contributed by atoms with van der Waals surface area (Å²) in [7, 11) is 0. The third kappa shape index (κ3) is 4.69. The van der Waals surface area contributed by atoms with E-state index in [9.17, 15) is 18.8 Å². The summed E-state index contributed by atoms with van der Waals surface area (Å²) in [5.41, 5.74) is 3.61. The molecule has 0 bridgehead atoms. The number of nitrogens with one attached hydrogen (secondary N) is 1. The van der Waals surface area contributed by atoms with Gasteiger partial charge in [0.05, 0.1) is 24.3 Å². The van der Waals surface area contributed by atoms with Gasteiger partial charge in [0.2, 0.25) is 5.91 Å². The average Bonchev–Trinajstić information content (AvgIpc) is 3.41. The molecule has 3 aliphatic rings. The van der Waals surface area contributed by atoms with Crippen molar-refractivity contribution in [2.75, 3.05) is 29.6 Å². The zero-order chi connectivity index (χ0) is 31.5. The number of carbonyl (C=O) groups excluding carboxylic acids is 3. The number of anilines is 2. The number of benzene rings is 3. The van der Waals surface area contributed by atoms with Crippen LogP contribution in [0.25, 0.3) is 23.3 Å². The smallest absolute Gasteiger partial charge is 0.224 e. The van der Waals surface area contributed by atoms with Crippen LogP contribution in [0.3, 0.4) is 0 Å². The number of Topliss-reactive ketones (excluding diaryl/α,β-unsaturated/α-hetero) is 2. The molecular weight excluding hydrogens is 593 g/mol. The van der Waals surface area contributed by atoms with Crippen LogP contribution in [0.2, 0.25) is 5.02 Å². The maximum absolute atomic E-state index is 14.2. The molecule has 1 amide bonds. The van der Waals surface area contributed by atoms with Gasteiger partial charge < -0.3 is 15.1 Å². The van der Waals surface area contributed by atoms with E-state index in [0.717, 1.165) is 32.8 Å². The molecule has 2 atom stereocenters. The topological polar surface area (TPSA) is 95.5 Å². The number of aromatic nitrogens is 2. The van der Waals surface area contributed by atoms with Crippen LogP contribution in [0, 0.1) is 11.7 Å². The van der Waals surface area contributed by atoms with Crippen molar-refractivity contribution in [2.24, 2.45) is 5.92 Å². The Kier molecular flexibility index (Phi) is 7.00. The number of nitrogens with zero attached hydrogens (tertiary/aromatic N) is 4. The van der Waals surface area contributed by atoms with E-state index in [0.29, 0.717) is 36.7 Å². The van der Waals surface area contributed by atoms with Crippen molar-refractivity contribution < 1.29 is 18.8 Å². The molecule has 4 aromatic rings. The average molecular weight is 622 g/mol. The van der Waals surface area contributed by atoms with Crippen molar-refractivity contribution in [3.8, 4) is 11.1 Å². The van der Waals surface area contributed by atoms with Crippen LogP contribution in [0.5, 0.6) is 0 Å². The van der Waals surface area contributed by atoms with Crippen LogP contribution in [0.4, 0.5) is 15.9 Å². The molecular formula is C35H29ClFN5O3. The van der Waals surface area contributed by atoms with Crippen molar-refractivity contribution in [3.05, 3.63) is 105 Å². The van der Waals surface area contributed by atoms with Crippen molar-refractivity contribution >= 4 is 52.7 Å². The summed E-state index contributed by atoms with van der Waals surface area (Å²) < 4.78 is 13.5. The van der Waals surface area contributed by atoms with Crippen LogP contribution in [0.1, 0.15) is 35.3 Å². The van der Waals surface area contributed by atoms with Crippen LogP contribution in [-0.4, -0.2) is 47.2 Å². The maximum Gasteiger partial charge on any atom is 0.224 e. The van der Waals surface area contributed by atoms with Gasteiger partial charge in [-0.3, -0.25) is 14.4 Å². The van der Waals surface area contributed by atoms with Gasteiger partial charge in [-0.1, -0.05) is 67.1 Å². The molecule has 0 spiro atoms. The van der Waals surface area contributed by atoms with Crippen molar-refractivity contribution in [1.82, 2.24) is 15.3 Å². The number of hydrogen-bond acceptors (Lipinski definition) is 7. The molecule has 10 heteroatoms. The zero-order valence-corrected chi connectivity index (χ0v) is 25.4. The fourth-order valence-electron chi connectivity index (χ4n) is 6.79. The number of hydrogen-bond donors (Lipinski definition) is 1. The highest BCUT2D eigenvalue weighted by molar-refractivity contribution is 6.30. The van der Waals surface area contributed by atoms with Crippen LogP contribution >= 0.6 is 11.6 Å². The first-order valence-electron chi connectivity index (χ1n) is 14.7. The molecule has 2 heterocycles. The Bertz CT molecular complexity index is 2050. The highest BCUT2D eigenvalue weighted by Gasteiger charge is 2.49. The molecule has 3 aromatic carbocycles. The lowest BCUT2D eigenvalue weighted by Crippen LogP contribution is -2.59. The molecule has 2 unspecified atom stereocenters. The number of amides is 1. The lowest BCUT2D eigenvalue weighted by Gasteiger charge is -2.42. The lowest BCUT2D eigenvalue weighted by atomic mass is 9.73. The fraction of sp³-hybridized carbons (Fsp3) is 0.229. The third-order valence-electron chi connectivity index (χ3n) is 9.05. The van der Waals surface area contributed by atoms with E-state index in [1.165, 1.54) is 24.5 Å². The van der Waals surface area contributed by atoms with E-state index < -0.39 is 17.3 Å². The van der Waals surface area contributed by atoms with Gasteiger partial charge in [0.15, 0.2) is 17.4 Å². The molecule has 1 N–H and O–H groups in total. The standard InChI is InChI=1S/C35H29ClFN5O3/c1-20-13-26-25-16-31(43)24-6-4-3-5-22(24)23(25)8-9-27(26)35(2,33(20)45)42-19-41(30-17-38-18-40-34(30)42)12-11-39-32(44)15-21-7-10-29(37)28(36)14-21/h3-10,13-14,16-18,20H,11-12,15,19H2,1-2H3,(H,39,44). The minimum absolute atomic E-state index is 0.0233. The molecule has 45 heavy (non-hydrogen) atoms. The Labute approximate surface area is 263 Å². The Morgan fingerprint density at radius 1 is 1.09 bits per heavy atom. The minimum atomic E-state index is -1.09. The van der Waals surface area contributed by atoms with Crippen molar-refractivity contribution in [3.63, 3.8) is 0 Å². The van der Waals surface area contributed by atoms with Crippen molar-refractivity contribution in [2.45, 2.75) is 25.8 Å².